The van der Waals surface area contributed by atoms with Gasteiger partial charge in [-0.05, 0) is 50.4 Å². The normalized spacial score (nSPS) is 28.5. The first-order valence-electron chi connectivity index (χ1n) is 17.2. The van der Waals surface area contributed by atoms with Crippen LogP contribution in [0.5, 0.6) is 0 Å². The molecule has 4 atom stereocenters. The number of nitrogens with one attached hydrogen (secondary N) is 1. The SMILES string of the molecule is C[C@@H](OCC1CCCCC1)[C@@H](COC1CCC(F)(F)CC1)NC(=O)[C@@H]1CN(C(=O)c2cncs2)CC12CN(C(=O)[C@H]1CC1(C)C)C2. The van der Waals surface area contributed by atoms with Crippen molar-refractivity contribution in [1.82, 2.24) is 20.1 Å². The Labute approximate surface area is 275 Å². The molecule has 2 aliphatic heterocycles. The van der Waals surface area contributed by atoms with Crippen molar-refractivity contribution in [1.29, 1.82) is 0 Å². The van der Waals surface area contributed by atoms with Crippen LogP contribution in [0.4, 0.5) is 8.78 Å². The highest BCUT2D eigenvalue weighted by molar-refractivity contribution is 7.11. The van der Waals surface area contributed by atoms with E-state index in [1.807, 2.05) is 11.8 Å². The standard InChI is InChI=1S/C34H50F2N4O5S/c1-22(44-16-23-7-5-4-6-8-23)27(17-45-24-9-11-34(35,36)12-10-24)38-29(41)26-15-39(31(43)28-14-37-21-46-28)18-33(26)19-40(20-33)30(42)25-13-32(25,2)3/h14,21-27H,4-13,15-20H2,1-3H3,(H,38,41)/t22-,25-,26+,27-/m1/s1. The van der Waals surface area contributed by atoms with Crippen LogP contribution < -0.4 is 5.32 Å². The molecule has 3 saturated carbocycles. The second kappa shape index (κ2) is 13.4. The average Bonchev–Trinajstić information content (AvgIpc) is 3.38. The molecule has 0 unspecified atom stereocenters. The molecule has 3 amide bonds. The van der Waals surface area contributed by atoms with Crippen LogP contribution >= 0.6 is 11.3 Å². The molecule has 6 rings (SSSR count). The summed E-state index contributed by atoms with van der Waals surface area (Å²) in [7, 11) is 0. The Hall–Kier alpha value is -2.18. The van der Waals surface area contributed by atoms with Crippen LogP contribution in [0.1, 0.15) is 94.7 Å². The molecule has 3 aliphatic carbocycles. The Morgan fingerprint density at radius 3 is 2.35 bits per heavy atom. The van der Waals surface area contributed by atoms with Gasteiger partial charge in [0.2, 0.25) is 17.7 Å². The average molecular weight is 665 g/mol. The van der Waals surface area contributed by atoms with E-state index < -0.39 is 23.3 Å². The molecular formula is C34H50F2N4O5S. The molecule has 0 radical (unpaired) electrons. The lowest BCUT2D eigenvalue weighted by Gasteiger charge is -2.50. The Balaban J connectivity index is 1.14. The van der Waals surface area contributed by atoms with Crippen molar-refractivity contribution in [3.63, 3.8) is 0 Å². The van der Waals surface area contributed by atoms with E-state index in [9.17, 15) is 23.2 Å². The Bertz CT molecular complexity index is 1240. The molecule has 2 saturated heterocycles. The summed E-state index contributed by atoms with van der Waals surface area (Å²) in [4.78, 5) is 49.0. The highest BCUT2D eigenvalue weighted by Crippen LogP contribution is 2.54. The summed E-state index contributed by atoms with van der Waals surface area (Å²) in [5.74, 6) is -2.85. The predicted octanol–water partition coefficient (Wildman–Crippen LogP) is 5.15. The maximum absolute atomic E-state index is 14.2. The fraction of sp³-hybridized carbons (Fsp3) is 0.824. The number of thiazole rings is 1. The zero-order chi connectivity index (χ0) is 32.7. The van der Waals surface area contributed by atoms with E-state index in [4.69, 9.17) is 9.47 Å². The third kappa shape index (κ3) is 7.43. The van der Waals surface area contributed by atoms with Crippen LogP contribution in [0.15, 0.2) is 11.7 Å². The first-order valence-corrected chi connectivity index (χ1v) is 18.1. The Morgan fingerprint density at radius 1 is 1.04 bits per heavy atom. The van der Waals surface area contributed by atoms with Gasteiger partial charge < -0.3 is 24.6 Å². The molecule has 1 N–H and O–H groups in total. The quantitative estimate of drug-likeness (QED) is 0.351. The number of aromatic nitrogens is 1. The van der Waals surface area contributed by atoms with E-state index in [-0.39, 0.29) is 80.1 Å². The van der Waals surface area contributed by atoms with Crippen LogP contribution in [0.25, 0.3) is 0 Å². The number of nitrogens with zero attached hydrogens (tertiary/aromatic N) is 3. The lowest BCUT2D eigenvalue weighted by atomic mass is 9.70. The molecule has 5 fully saturated rings. The highest BCUT2D eigenvalue weighted by Gasteiger charge is 2.62. The lowest BCUT2D eigenvalue weighted by molar-refractivity contribution is -0.152. The van der Waals surface area contributed by atoms with Crippen molar-refractivity contribution in [3.8, 4) is 0 Å². The monoisotopic (exact) mass is 664 g/mol. The fourth-order valence-electron chi connectivity index (χ4n) is 8.02. The van der Waals surface area contributed by atoms with Gasteiger partial charge in [-0.25, -0.2) is 8.78 Å². The van der Waals surface area contributed by atoms with Gasteiger partial charge in [-0.15, -0.1) is 11.3 Å². The van der Waals surface area contributed by atoms with Crippen molar-refractivity contribution in [3.05, 3.63) is 16.6 Å². The number of alkyl halides is 2. The van der Waals surface area contributed by atoms with Gasteiger partial charge in [0.25, 0.3) is 5.91 Å². The number of hydrogen-bond donors (Lipinski definition) is 1. The van der Waals surface area contributed by atoms with E-state index in [2.05, 4.69) is 24.1 Å². The van der Waals surface area contributed by atoms with Crippen LogP contribution in [-0.2, 0) is 19.1 Å². The molecule has 46 heavy (non-hydrogen) atoms. The summed E-state index contributed by atoms with van der Waals surface area (Å²) in [6.45, 7) is 8.45. The minimum absolute atomic E-state index is 0.00960. The van der Waals surface area contributed by atoms with Gasteiger partial charge in [0.15, 0.2) is 0 Å². The smallest absolute Gasteiger partial charge is 0.265 e. The van der Waals surface area contributed by atoms with E-state index in [0.717, 1.165) is 19.3 Å². The van der Waals surface area contributed by atoms with Crippen molar-refractivity contribution in [2.24, 2.45) is 28.6 Å². The van der Waals surface area contributed by atoms with E-state index in [0.29, 0.717) is 37.0 Å². The Kier molecular flexibility index (Phi) is 9.80. The third-order valence-corrected chi connectivity index (χ3v) is 12.2. The first-order chi connectivity index (χ1) is 21.9. The minimum Gasteiger partial charge on any atom is -0.376 e. The number of amides is 3. The summed E-state index contributed by atoms with van der Waals surface area (Å²) >= 11 is 1.27. The van der Waals surface area contributed by atoms with Crippen molar-refractivity contribution in [2.45, 2.75) is 109 Å². The van der Waals surface area contributed by atoms with E-state index in [1.54, 1.807) is 16.6 Å². The second-order valence-electron chi connectivity index (χ2n) is 15.5. The zero-order valence-corrected chi connectivity index (χ0v) is 28.3. The number of hydrogen-bond acceptors (Lipinski definition) is 7. The van der Waals surface area contributed by atoms with E-state index >= 15 is 0 Å². The number of carbonyl (C=O) groups is 3. The highest BCUT2D eigenvalue weighted by atomic mass is 32.1. The maximum atomic E-state index is 14.2. The lowest BCUT2D eigenvalue weighted by Crippen LogP contribution is -2.65. The van der Waals surface area contributed by atoms with Crippen LogP contribution in [-0.4, -0.2) is 96.1 Å². The molecule has 256 valence electrons. The van der Waals surface area contributed by atoms with Crippen LogP contribution in [0.2, 0.25) is 0 Å². The van der Waals surface area contributed by atoms with Crippen molar-refractivity contribution in [2.75, 3.05) is 39.4 Å². The summed E-state index contributed by atoms with van der Waals surface area (Å²) < 4.78 is 40.1. The summed E-state index contributed by atoms with van der Waals surface area (Å²) in [5.41, 5.74) is 1.10. The van der Waals surface area contributed by atoms with Gasteiger partial charge >= 0.3 is 0 Å². The molecule has 1 aromatic rings. The predicted molar refractivity (Wildman–Crippen MR) is 169 cm³/mol. The van der Waals surface area contributed by atoms with Gasteiger partial charge in [0.1, 0.15) is 4.88 Å². The van der Waals surface area contributed by atoms with Gasteiger partial charge in [-0.1, -0.05) is 33.1 Å². The molecule has 9 nitrogen and oxygen atoms in total. The van der Waals surface area contributed by atoms with Gasteiger partial charge in [-0.3, -0.25) is 19.4 Å². The molecule has 0 bridgehead atoms. The molecule has 0 aromatic carbocycles. The van der Waals surface area contributed by atoms with Crippen molar-refractivity contribution >= 4 is 29.1 Å². The topological polar surface area (TPSA) is 101 Å². The number of ether oxygens (including phenoxy) is 2. The number of halogens is 2. The van der Waals surface area contributed by atoms with Crippen LogP contribution in [0.3, 0.4) is 0 Å². The zero-order valence-electron chi connectivity index (χ0n) is 27.5. The molecule has 1 spiro atoms. The fourth-order valence-corrected chi connectivity index (χ4v) is 8.60. The molecule has 1 aromatic heterocycles. The second-order valence-corrected chi connectivity index (χ2v) is 16.3. The number of carbonyl (C=O) groups excluding carboxylic acids is 3. The minimum atomic E-state index is -2.64. The summed E-state index contributed by atoms with van der Waals surface area (Å²) in [6, 6.07) is -0.480. The number of rotatable bonds is 11. The van der Waals surface area contributed by atoms with E-state index in [1.165, 1.54) is 30.6 Å². The van der Waals surface area contributed by atoms with Gasteiger partial charge in [0, 0.05) is 57.0 Å². The third-order valence-electron chi connectivity index (χ3n) is 11.4. The first kappa shape index (κ1) is 33.7. The number of likely N-dealkylation sites (tertiary alicyclic amines) is 2. The molecule has 5 aliphatic rings. The largest absolute Gasteiger partial charge is 0.376 e. The molecule has 12 heteroatoms. The van der Waals surface area contributed by atoms with Gasteiger partial charge in [-0.2, -0.15) is 0 Å². The van der Waals surface area contributed by atoms with Gasteiger partial charge in [0.05, 0.1) is 42.5 Å². The Morgan fingerprint density at radius 2 is 1.72 bits per heavy atom. The molecular weight excluding hydrogens is 614 g/mol. The molecule has 3 heterocycles. The van der Waals surface area contributed by atoms with Crippen molar-refractivity contribution < 1.29 is 32.6 Å². The summed E-state index contributed by atoms with van der Waals surface area (Å²) in [5, 5.41) is 3.22. The summed E-state index contributed by atoms with van der Waals surface area (Å²) in [6.07, 6.45) is 7.92. The maximum Gasteiger partial charge on any atom is 0.265 e. The van der Waals surface area contributed by atoms with Crippen LogP contribution in [0, 0.1) is 28.6 Å².